The van der Waals surface area contributed by atoms with Gasteiger partial charge in [0.05, 0.1) is 10.6 Å². The second-order valence-corrected chi connectivity index (χ2v) is 8.40. The number of ether oxygens (including phenoxy) is 3. The van der Waals surface area contributed by atoms with Crippen LogP contribution in [-0.4, -0.2) is 36.3 Å². The van der Waals surface area contributed by atoms with Gasteiger partial charge in [-0.15, -0.1) is 0 Å². The number of halogens is 2. The average molecular weight is 433 g/mol. The van der Waals surface area contributed by atoms with E-state index in [1.165, 1.54) is 12.1 Å². The van der Waals surface area contributed by atoms with E-state index >= 15 is 0 Å². The highest BCUT2D eigenvalue weighted by Gasteiger charge is 2.69. The zero-order valence-corrected chi connectivity index (χ0v) is 16.6. The molecule has 2 amide bonds. The van der Waals surface area contributed by atoms with Crippen molar-refractivity contribution in [3.8, 4) is 17.2 Å². The van der Waals surface area contributed by atoms with E-state index in [1.807, 2.05) is 0 Å². The summed E-state index contributed by atoms with van der Waals surface area (Å²) in [6.45, 7) is -0.125. The number of fused-ring (bicyclic) bond motifs is 1. The lowest BCUT2D eigenvalue weighted by molar-refractivity contribution is -0.141. The number of hydrogen-bond acceptors (Lipinski definition) is 5. The SMILES string of the molecule is O=C(COc1ccc(Cl)c(F)c1)NC12CC(NC(=O)c3cccc4c3OCO4)(C1)C2. The number of carbonyl (C=O) groups is 2. The molecule has 3 saturated carbocycles. The number of nitrogens with one attached hydrogen (secondary N) is 2. The van der Waals surface area contributed by atoms with Crippen molar-refractivity contribution < 1.29 is 28.2 Å². The molecule has 156 valence electrons. The summed E-state index contributed by atoms with van der Waals surface area (Å²) < 4.78 is 29.4. The molecule has 7 nitrogen and oxygen atoms in total. The molecule has 1 heterocycles. The van der Waals surface area contributed by atoms with E-state index in [1.54, 1.807) is 18.2 Å². The predicted molar refractivity (Wildman–Crippen MR) is 104 cm³/mol. The van der Waals surface area contributed by atoms with E-state index in [9.17, 15) is 14.0 Å². The van der Waals surface area contributed by atoms with Crippen LogP contribution in [0.25, 0.3) is 0 Å². The Labute approximate surface area is 176 Å². The van der Waals surface area contributed by atoms with E-state index < -0.39 is 5.82 Å². The molecule has 3 fully saturated rings. The van der Waals surface area contributed by atoms with Gasteiger partial charge in [-0.05, 0) is 43.5 Å². The monoisotopic (exact) mass is 432 g/mol. The predicted octanol–water partition coefficient (Wildman–Crippen LogP) is 2.81. The maximum absolute atomic E-state index is 13.4. The van der Waals surface area contributed by atoms with E-state index in [4.69, 9.17) is 25.8 Å². The summed E-state index contributed by atoms with van der Waals surface area (Å²) in [6.07, 6.45) is 1.96. The lowest BCUT2D eigenvalue weighted by atomic mass is 9.44. The summed E-state index contributed by atoms with van der Waals surface area (Å²) in [6, 6.07) is 9.21. The Hall–Kier alpha value is -3.00. The lowest BCUT2D eigenvalue weighted by Gasteiger charge is -2.70. The topological polar surface area (TPSA) is 85.9 Å². The van der Waals surface area contributed by atoms with Crippen molar-refractivity contribution in [3.05, 3.63) is 52.8 Å². The Morgan fingerprint density at radius 3 is 2.63 bits per heavy atom. The van der Waals surface area contributed by atoms with E-state index in [0.717, 1.165) is 6.07 Å². The van der Waals surface area contributed by atoms with E-state index in [2.05, 4.69) is 10.6 Å². The summed E-state index contributed by atoms with van der Waals surface area (Å²) in [4.78, 5) is 24.9. The van der Waals surface area contributed by atoms with Crippen LogP contribution < -0.4 is 24.8 Å². The van der Waals surface area contributed by atoms with Crippen molar-refractivity contribution in [1.82, 2.24) is 10.6 Å². The first kappa shape index (κ1) is 19.0. The van der Waals surface area contributed by atoms with Crippen LogP contribution in [0.2, 0.25) is 5.02 Å². The molecule has 9 heteroatoms. The number of amides is 2. The summed E-state index contributed by atoms with van der Waals surface area (Å²) in [7, 11) is 0. The summed E-state index contributed by atoms with van der Waals surface area (Å²) >= 11 is 5.63. The van der Waals surface area contributed by atoms with Crippen molar-refractivity contribution >= 4 is 23.4 Å². The van der Waals surface area contributed by atoms with Gasteiger partial charge in [-0.3, -0.25) is 9.59 Å². The van der Waals surface area contributed by atoms with Crippen molar-refractivity contribution in [2.24, 2.45) is 0 Å². The molecule has 2 N–H and O–H groups in total. The van der Waals surface area contributed by atoms with Gasteiger partial charge in [-0.25, -0.2) is 4.39 Å². The Balaban J connectivity index is 1.12. The molecule has 30 heavy (non-hydrogen) atoms. The first-order chi connectivity index (χ1) is 14.4. The Bertz CT molecular complexity index is 1040. The minimum absolute atomic E-state index is 0.00689. The fourth-order valence-electron chi connectivity index (χ4n) is 4.52. The molecule has 4 aliphatic rings. The molecule has 0 aromatic heterocycles. The summed E-state index contributed by atoms with van der Waals surface area (Å²) in [5, 5.41) is 6.01. The van der Waals surface area contributed by atoms with Crippen LogP contribution >= 0.6 is 11.6 Å². The van der Waals surface area contributed by atoms with Gasteiger partial charge < -0.3 is 24.8 Å². The van der Waals surface area contributed by atoms with Gasteiger partial charge >= 0.3 is 0 Å². The third kappa shape index (κ3) is 3.21. The third-order valence-electron chi connectivity index (χ3n) is 5.72. The van der Waals surface area contributed by atoms with Gasteiger partial charge in [-0.2, -0.15) is 0 Å². The maximum Gasteiger partial charge on any atom is 0.258 e. The average Bonchev–Trinajstić information content (AvgIpc) is 3.15. The Morgan fingerprint density at radius 1 is 1.10 bits per heavy atom. The van der Waals surface area contributed by atoms with E-state index in [-0.39, 0.29) is 47.1 Å². The van der Waals surface area contributed by atoms with Gasteiger partial charge in [0.25, 0.3) is 11.8 Å². The van der Waals surface area contributed by atoms with Crippen molar-refractivity contribution in [3.63, 3.8) is 0 Å². The largest absolute Gasteiger partial charge is 0.484 e. The first-order valence-corrected chi connectivity index (χ1v) is 9.85. The number of benzene rings is 2. The molecule has 3 aliphatic carbocycles. The van der Waals surface area contributed by atoms with Crippen LogP contribution in [0, 0.1) is 5.82 Å². The highest BCUT2D eigenvalue weighted by Crippen LogP contribution is 2.60. The molecule has 0 saturated heterocycles. The Morgan fingerprint density at radius 2 is 1.87 bits per heavy atom. The van der Waals surface area contributed by atoms with Gasteiger partial charge in [0.1, 0.15) is 11.6 Å². The van der Waals surface area contributed by atoms with Crippen molar-refractivity contribution in [2.45, 2.75) is 30.3 Å². The first-order valence-electron chi connectivity index (χ1n) is 9.47. The molecule has 6 rings (SSSR count). The fourth-order valence-corrected chi connectivity index (χ4v) is 4.64. The number of para-hydroxylation sites is 1. The highest BCUT2D eigenvalue weighted by molar-refractivity contribution is 6.30. The molecule has 2 bridgehead atoms. The lowest BCUT2D eigenvalue weighted by Crippen LogP contribution is -2.84. The fraction of sp³-hybridized carbons (Fsp3) is 0.333. The molecule has 2 aromatic carbocycles. The van der Waals surface area contributed by atoms with Crippen LogP contribution in [-0.2, 0) is 4.79 Å². The third-order valence-corrected chi connectivity index (χ3v) is 6.02. The van der Waals surface area contributed by atoms with Gasteiger partial charge in [0.15, 0.2) is 18.1 Å². The van der Waals surface area contributed by atoms with Crippen molar-refractivity contribution in [2.75, 3.05) is 13.4 Å². The second kappa shape index (κ2) is 6.77. The molecule has 0 spiro atoms. The summed E-state index contributed by atoms with van der Waals surface area (Å²) in [5.74, 6) is 0.133. The molecular weight excluding hydrogens is 415 g/mol. The minimum Gasteiger partial charge on any atom is -0.484 e. The van der Waals surface area contributed by atoms with Crippen LogP contribution in [0.4, 0.5) is 4.39 Å². The smallest absolute Gasteiger partial charge is 0.258 e. The standard InChI is InChI=1S/C21H18ClFN2O5/c22-14-5-4-12(6-15(14)23)28-7-17(26)24-20-8-21(9-20,10-20)25-19(27)13-2-1-3-16-18(13)30-11-29-16/h1-6H,7-11H2,(H,24,26)(H,25,27). The van der Waals surface area contributed by atoms with Crippen LogP contribution in [0.15, 0.2) is 36.4 Å². The zero-order valence-electron chi connectivity index (χ0n) is 15.8. The van der Waals surface area contributed by atoms with Crippen molar-refractivity contribution in [1.29, 1.82) is 0 Å². The molecule has 2 aromatic rings. The molecule has 0 radical (unpaired) electrons. The summed E-state index contributed by atoms with van der Waals surface area (Å²) in [5.41, 5.74) is -0.194. The number of carbonyl (C=O) groups excluding carboxylic acids is 2. The van der Waals surface area contributed by atoms with Crippen LogP contribution in [0.3, 0.4) is 0 Å². The quantitative estimate of drug-likeness (QED) is 0.733. The minimum atomic E-state index is -0.604. The van der Waals surface area contributed by atoms with Gasteiger partial charge in [0.2, 0.25) is 6.79 Å². The molecule has 1 aliphatic heterocycles. The van der Waals surface area contributed by atoms with Crippen LogP contribution in [0.1, 0.15) is 29.6 Å². The molecule has 0 atom stereocenters. The number of hydrogen-bond donors (Lipinski definition) is 2. The van der Waals surface area contributed by atoms with Gasteiger partial charge in [-0.1, -0.05) is 17.7 Å². The van der Waals surface area contributed by atoms with Gasteiger partial charge in [0, 0.05) is 17.1 Å². The molecular formula is C21H18ClFN2O5. The molecule has 0 unspecified atom stereocenters. The maximum atomic E-state index is 13.4. The van der Waals surface area contributed by atoms with E-state index in [0.29, 0.717) is 36.3 Å². The Kier molecular flexibility index (Phi) is 4.28. The second-order valence-electron chi connectivity index (χ2n) is 8.00. The highest BCUT2D eigenvalue weighted by atomic mass is 35.5. The van der Waals surface area contributed by atoms with Crippen LogP contribution in [0.5, 0.6) is 17.2 Å². The normalized spacial score (nSPS) is 25.0. The zero-order chi connectivity index (χ0) is 20.9. The number of rotatable bonds is 6.